The van der Waals surface area contributed by atoms with Gasteiger partial charge in [0.1, 0.15) is 11.2 Å². The first-order valence-electron chi connectivity index (χ1n) is 20.1. The van der Waals surface area contributed by atoms with Gasteiger partial charge in [0.2, 0.25) is 0 Å². The van der Waals surface area contributed by atoms with Gasteiger partial charge in [0.05, 0.1) is 0 Å². The zero-order valence-corrected chi connectivity index (χ0v) is 32.7. The Morgan fingerprint density at radius 2 is 0.590 bits per heavy atom. The fourth-order valence-corrected chi connectivity index (χ4v) is 7.77. The standard InChI is InChI=1S/C54H34N6O/c1-5-15-38(16-6-1)49-55-50(39-17-7-2-8-18-39)57-53(56-49)42-31-27-36(28-32-42)35-25-29-37(30-26-35)47-45(34-33-44-43-23-13-14-24-46(43)61-48(44)47)54-59-51(40-19-9-3-10-20-40)58-52(60-54)41-21-11-4-12-22-41/h1-34H. The Bertz CT molecular complexity index is 3200. The maximum absolute atomic E-state index is 6.69. The molecule has 0 fully saturated rings. The van der Waals surface area contributed by atoms with Crippen LogP contribution < -0.4 is 0 Å². The fraction of sp³-hybridized carbons (Fsp3) is 0. The molecule has 0 radical (unpaired) electrons. The first kappa shape index (κ1) is 35.7. The Labute approximate surface area is 351 Å². The third-order valence-electron chi connectivity index (χ3n) is 10.8. The summed E-state index contributed by atoms with van der Waals surface area (Å²) in [6.45, 7) is 0. The Morgan fingerprint density at radius 3 is 1.03 bits per heavy atom. The molecule has 11 rings (SSSR count). The number of benzene rings is 8. The lowest BCUT2D eigenvalue weighted by molar-refractivity contribution is 0.670. The normalized spacial score (nSPS) is 11.3. The minimum Gasteiger partial charge on any atom is -0.455 e. The quantitative estimate of drug-likeness (QED) is 0.152. The molecule has 0 aliphatic carbocycles. The lowest BCUT2D eigenvalue weighted by Crippen LogP contribution is -2.01. The maximum Gasteiger partial charge on any atom is 0.164 e. The van der Waals surface area contributed by atoms with E-state index in [0.717, 1.165) is 77.6 Å². The number of para-hydroxylation sites is 1. The van der Waals surface area contributed by atoms with Crippen molar-refractivity contribution in [1.82, 2.24) is 29.9 Å². The Hall–Kier alpha value is -8.42. The van der Waals surface area contributed by atoms with Gasteiger partial charge in [-0.25, -0.2) is 29.9 Å². The maximum atomic E-state index is 6.69. The highest BCUT2D eigenvalue weighted by Gasteiger charge is 2.21. The van der Waals surface area contributed by atoms with Crippen LogP contribution in [0.4, 0.5) is 0 Å². The van der Waals surface area contributed by atoms with Crippen LogP contribution in [-0.2, 0) is 0 Å². The molecule has 286 valence electrons. The third kappa shape index (κ3) is 6.90. The summed E-state index contributed by atoms with van der Waals surface area (Å²) in [5.74, 6) is 3.65. The second-order valence-electron chi connectivity index (χ2n) is 14.7. The van der Waals surface area contributed by atoms with Crippen molar-refractivity contribution in [3.05, 3.63) is 206 Å². The zero-order valence-electron chi connectivity index (χ0n) is 32.7. The van der Waals surface area contributed by atoms with Crippen LogP contribution >= 0.6 is 0 Å². The molecule has 3 heterocycles. The van der Waals surface area contributed by atoms with Gasteiger partial charge in [0.15, 0.2) is 34.9 Å². The number of hydrogen-bond acceptors (Lipinski definition) is 7. The molecule has 0 amide bonds. The highest BCUT2D eigenvalue weighted by molar-refractivity contribution is 6.12. The predicted octanol–water partition coefficient (Wildman–Crippen LogP) is 13.3. The van der Waals surface area contributed by atoms with E-state index in [1.165, 1.54) is 0 Å². The second kappa shape index (κ2) is 15.4. The lowest BCUT2D eigenvalue weighted by Gasteiger charge is -2.13. The monoisotopic (exact) mass is 782 g/mol. The molecule has 7 heteroatoms. The summed E-state index contributed by atoms with van der Waals surface area (Å²) in [4.78, 5) is 29.9. The predicted molar refractivity (Wildman–Crippen MR) is 244 cm³/mol. The van der Waals surface area contributed by atoms with Crippen LogP contribution in [-0.4, -0.2) is 29.9 Å². The van der Waals surface area contributed by atoms with Gasteiger partial charge in [-0.1, -0.05) is 188 Å². The zero-order chi connectivity index (χ0) is 40.5. The molecule has 0 saturated heterocycles. The summed E-state index contributed by atoms with van der Waals surface area (Å²) in [6, 6.07) is 69.5. The van der Waals surface area contributed by atoms with E-state index in [-0.39, 0.29) is 0 Å². The van der Waals surface area contributed by atoms with Crippen molar-refractivity contribution in [3.63, 3.8) is 0 Å². The number of rotatable bonds is 8. The minimum absolute atomic E-state index is 0.564. The van der Waals surface area contributed by atoms with Crippen molar-refractivity contribution >= 4 is 21.9 Å². The summed E-state index contributed by atoms with van der Waals surface area (Å²) in [5, 5.41) is 2.08. The molecule has 0 bridgehead atoms. The summed E-state index contributed by atoms with van der Waals surface area (Å²) in [5.41, 5.74) is 11.1. The van der Waals surface area contributed by atoms with Crippen molar-refractivity contribution in [1.29, 1.82) is 0 Å². The molecule has 11 aromatic rings. The molecule has 61 heavy (non-hydrogen) atoms. The van der Waals surface area contributed by atoms with E-state index >= 15 is 0 Å². The van der Waals surface area contributed by atoms with Crippen molar-refractivity contribution in [2.75, 3.05) is 0 Å². The van der Waals surface area contributed by atoms with Crippen LogP contribution in [0.25, 0.3) is 113 Å². The molecule has 0 atom stereocenters. The van der Waals surface area contributed by atoms with Gasteiger partial charge in [-0.3, -0.25) is 0 Å². The van der Waals surface area contributed by atoms with Gasteiger partial charge in [-0.15, -0.1) is 0 Å². The van der Waals surface area contributed by atoms with Gasteiger partial charge >= 0.3 is 0 Å². The third-order valence-corrected chi connectivity index (χ3v) is 10.8. The highest BCUT2D eigenvalue weighted by atomic mass is 16.3. The molecule has 8 aromatic carbocycles. The number of hydrogen-bond donors (Lipinski definition) is 0. The number of nitrogens with zero attached hydrogens (tertiary/aromatic N) is 6. The largest absolute Gasteiger partial charge is 0.455 e. The van der Waals surface area contributed by atoms with Crippen LogP contribution in [0, 0.1) is 0 Å². The molecule has 3 aromatic heterocycles. The summed E-state index contributed by atoms with van der Waals surface area (Å²) >= 11 is 0. The second-order valence-corrected chi connectivity index (χ2v) is 14.7. The van der Waals surface area contributed by atoms with Gasteiger partial charge in [-0.05, 0) is 34.9 Å². The molecule has 0 aliphatic rings. The molecular weight excluding hydrogens is 749 g/mol. The smallest absolute Gasteiger partial charge is 0.164 e. The van der Waals surface area contributed by atoms with E-state index in [2.05, 4.69) is 66.7 Å². The Kier molecular flexibility index (Phi) is 9.02. The lowest BCUT2D eigenvalue weighted by atomic mass is 9.94. The van der Waals surface area contributed by atoms with Crippen molar-refractivity contribution in [2.45, 2.75) is 0 Å². The average Bonchev–Trinajstić information content (AvgIpc) is 3.73. The van der Waals surface area contributed by atoms with E-state index < -0.39 is 0 Å². The van der Waals surface area contributed by atoms with Crippen LogP contribution in [0.15, 0.2) is 211 Å². The Morgan fingerprint density at radius 1 is 0.246 bits per heavy atom. The fourth-order valence-electron chi connectivity index (χ4n) is 7.77. The molecule has 0 unspecified atom stereocenters. The summed E-state index contributed by atoms with van der Waals surface area (Å²) in [6.07, 6.45) is 0. The highest BCUT2D eigenvalue weighted by Crippen LogP contribution is 2.42. The molecule has 0 aliphatic heterocycles. The van der Waals surface area contributed by atoms with Gasteiger partial charge < -0.3 is 4.42 Å². The van der Waals surface area contributed by atoms with Crippen molar-refractivity contribution in [3.8, 4) is 90.6 Å². The van der Waals surface area contributed by atoms with E-state index in [9.17, 15) is 0 Å². The van der Waals surface area contributed by atoms with Crippen LogP contribution in [0.5, 0.6) is 0 Å². The van der Waals surface area contributed by atoms with Crippen LogP contribution in [0.2, 0.25) is 0 Å². The topological polar surface area (TPSA) is 90.5 Å². The first-order chi connectivity index (χ1) is 30.2. The van der Waals surface area contributed by atoms with E-state index in [0.29, 0.717) is 34.9 Å². The molecule has 0 spiro atoms. The SMILES string of the molecule is c1ccc(-c2nc(-c3ccccc3)nc(-c3ccc(-c4ccc(-c5c(-c6nc(-c7ccccc7)nc(-c7ccccc7)n6)ccc6c5oc5ccccc56)cc4)cc3)n2)cc1. The summed E-state index contributed by atoms with van der Waals surface area (Å²) in [7, 11) is 0. The van der Waals surface area contributed by atoms with Crippen molar-refractivity contribution < 1.29 is 4.42 Å². The molecule has 7 nitrogen and oxygen atoms in total. The first-order valence-corrected chi connectivity index (χ1v) is 20.1. The average molecular weight is 783 g/mol. The van der Waals surface area contributed by atoms with Gasteiger partial charge in [0, 0.05) is 49.7 Å². The molecule has 0 saturated carbocycles. The van der Waals surface area contributed by atoms with Gasteiger partial charge in [0.25, 0.3) is 0 Å². The molecular formula is C54H34N6O. The van der Waals surface area contributed by atoms with Gasteiger partial charge in [-0.2, -0.15) is 0 Å². The number of fused-ring (bicyclic) bond motifs is 3. The Balaban J connectivity index is 1.00. The van der Waals surface area contributed by atoms with Crippen LogP contribution in [0.3, 0.4) is 0 Å². The van der Waals surface area contributed by atoms with Crippen molar-refractivity contribution in [2.24, 2.45) is 0 Å². The molecule has 0 N–H and O–H groups in total. The van der Waals surface area contributed by atoms with Crippen LogP contribution in [0.1, 0.15) is 0 Å². The minimum atomic E-state index is 0.564. The van der Waals surface area contributed by atoms with E-state index in [1.54, 1.807) is 0 Å². The summed E-state index contributed by atoms with van der Waals surface area (Å²) < 4.78 is 6.69. The number of furan rings is 1. The number of aromatic nitrogens is 6. The van der Waals surface area contributed by atoms with E-state index in [1.807, 2.05) is 140 Å². The van der Waals surface area contributed by atoms with E-state index in [4.69, 9.17) is 34.3 Å².